The van der Waals surface area contributed by atoms with Crippen LogP contribution in [0.2, 0.25) is 0 Å². The molecule has 21 heavy (non-hydrogen) atoms. The van der Waals surface area contributed by atoms with Gasteiger partial charge in [-0.3, -0.25) is 0 Å². The largest absolute Gasteiger partial charge is 0.375 e. The second-order valence-corrected chi connectivity index (χ2v) is 6.61. The Morgan fingerprint density at radius 2 is 2.14 bits per heavy atom. The van der Waals surface area contributed by atoms with E-state index in [9.17, 15) is 0 Å². The fourth-order valence-corrected chi connectivity index (χ4v) is 3.33. The van der Waals surface area contributed by atoms with Gasteiger partial charge in [-0.05, 0) is 21.0 Å². The van der Waals surface area contributed by atoms with Crippen molar-refractivity contribution in [1.82, 2.24) is 24.9 Å². The molecule has 2 aromatic rings. The minimum absolute atomic E-state index is 0.418. The van der Waals surface area contributed by atoms with E-state index < -0.39 is 0 Å². The highest BCUT2D eigenvalue weighted by Gasteiger charge is 2.25. The third-order valence-electron chi connectivity index (χ3n) is 3.87. The van der Waals surface area contributed by atoms with E-state index in [0.29, 0.717) is 17.1 Å². The highest BCUT2D eigenvalue weighted by Crippen LogP contribution is 2.30. The van der Waals surface area contributed by atoms with E-state index >= 15 is 0 Å². The van der Waals surface area contributed by atoms with Gasteiger partial charge in [0.1, 0.15) is 4.88 Å². The summed E-state index contributed by atoms with van der Waals surface area (Å²) in [6.07, 6.45) is 0.789. The number of hydrogen-bond donors (Lipinski definition) is 1. The molecule has 2 N–H and O–H groups in total. The molecule has 0 saturated carbocycles. The number of piperazine rings is 1. The van der Waals surface area contributed by atoms with Crippen molar-refractivity contribution in [2.75, 3.05) is 39.5 Å². The number of likely N-dealkylation sites (N-methyl/N-ethyl adjacent to an activating group) is 2. The molecule has 7 nitrogen and oxygen atoms in total. The minimum atomic E-state index is 0.418. The zero-order chi connectivity index (χ0) is 15.0. The summed E-state index contributed by atoms with van der Waals surface area (Å²) in [7, 11) is 4.29. The fourth-order valence-electron chi connectivity index (χ4n) is 2.58. The third-order valence-corrected chi connectivity index (χ3v) is 4.85. The van der Waals surface area contributed by atoms with E-state index in [1.54, 1.807) is 0 Å². The molecule has 0 bridgehead atoms. The first-order chi connectivity index (χ1) is 10.0. The maximum atomic E-state index is 5.71. The summed E-state index contributed by atoms with van der Waals surface area (Å²) in [6, 6.07) is 0.418. The molecule has 1 aliphatic heterocycles. The van der Waals surface area contributed by atoms with Crippen LogP contribution in [0.3, 0.4) is 0 Å². The van der Waals surface area contributed by atoms with Crippen LogP contribution in [0.4, 0.5) is 5.13 Å². The first-order valence-electron chi connectivity index (χ1n) is 6.97. The number of anilines is 1. The van der Waals surface area contributed by atoms with Gasteiger partial charge in [0.05, 0.1) is 5.69 Å². The minimum Gasteiger partial charge on any atom is -0.375 e. The Bertz CT molecular complexity index is 624. The molecule has 1 aliphatic rings. The van der Waals surface area contributed by atoms with Crippen molar-refractivity contribution in [3.63, 3.8) is 0 Å². The smallest absolute Gasteiger partial charge is 0.269 e. The van der Waals surface area contributed by atoms with Gasteiger partial charge in [0, 0.05) is 32.1 Å². The summed E-state index contributed by atoms with van der Waals surface area (Å²) < 4.78 is 5.37. The van der Waals surface area contributed by atoms with Crippen LogP contribution in [-0.4, -0.2) is 64.7 Å². The molecule has 0 aliphatic carbocycles. The second kappa shape index (κ2) is 5.70. The molecule has 8 heteroatoms. The predicted molar refractivity (Wildman–Crippen MR) is 82.2 cm³/mol. The van der Waals surface area contributed by atoms with Crippen LogP contribution >= 0.6 is 11.3 Å². The second-order valence-electron chi connectivity index (χ2n) is 5.58. The summed E-state index contributed by atoms with van der Waals surface area (Å²) in [4.78, 5) is 14.2. The van der Waals surface area contributed by atoms with E-state index in [1.165, 1.54) is 11.3 Å². The molecule has 1 saturated heterocycles. The standard InChI is InChI=1S/C13H20N6OS/c1-8-11(21-13(14)15-8)12-16-10(17-20-12)6-9-7-18(2)4-5-19(9)3/h9H,4-7H2,1-3H3,(H2,14,15). The normalized spacial score (nSPS) is 21.0. The molecule has 1 unspecified atom stereocenters. The van der Waals surface area contributed by atoms with Gasteiger partial charge in [-0.2, -0.15) is 4.98 Å². The first kappa shape index (κ1) is 14.4. The molecular weight excluding hydrogens is 288 g/mol. The van der Waals surface area contributed by atoms with Crippen molar-refractivity contribution < 1.29 is 4.52 Å². The molecule has 3 rings (SSSR count). The number of hydrogen-bond acceptors (Lipinski definition) is 8. The van der Waals surface area contributed by atoms with Crippen molar-refractivity contribution in [2.45, 2.75) is 19.4 Å². The average molecular weight is 308 g/mol. The Kier molecular flexibility index (Phi) is 3.92. The molecule has 2 aromatic heterocycles. The van der Waals surface area contributed by atoms with Crippen LogP contribution < -0.4 is 5.73 Å². The van der Waals surface area contributed by atoms with Gasteiger partial charge in [0.2, 0.25) is 0 Å². The molecule has 3 heterocycles. The molecule has 1 fully saturated rings. The van der Waals surface area contributed by atoms with Crippen molar-refractivity contribution in [3.8, 4) is 10.8 Å². The van der Waals surface area contributed by atoms with Gasteiger partial charge in [-0.25, -0.2) is 4.98 Å². The summed E-state index contributed by atoms with van der Waals surface area (Å²) in [5.41, 5.74) is 6.55. The van der Waals surface area contributed by atoms with Crippen molar-refractivity contribution in [2.24, 2.45) is 0 Å². The molecule has 0 radical (unpaired) electrons. The van der Waals surface area contributed by atoms with E-state index in [-0.39, 0.29) is 0 Å². The maximum Gasteiger partial charge on any atom is 0.269 e. The number of nitrogens with zero attached hydrogens (tertiary/aromatic N) is 5. The Morgan fingerprint density at radius 3 is 2.86 bits per heavy atom. The number of aryl methyl sites for hydroxylation is 1. The maximum absolute atomic E-state index is 5.71. The van der Waals surface area contributed by atoms with Crippen LogP contribution in [0.5, 0.6) is 0 Å². The number of thiazole rings is 1. The Labute approximate surface area is 127 Å². The molecule has 114 valence electrons. The molecular formula is C13H20N6OS. The Hall–Kier alpha value is -1.51. The topological polar surface area (TPSA) is 84.3 Å². The number of rotatable bonds is 3. The Balaban J connectivity index is 1.74. The first-order valence-corrected chi connectivity index (χ1v) is 7.79. The lowest BCUT2D eigenvalue weighted by atomic mass is 10.1. The third kappa shape index (κ3) is 3.07. The molecule has 1 atom stereocenters. The molecule has 0 aromatic carbocycles. The fraction of sp³-hybridized carbons (Fsp3) is 0.615. The Morgan fingerprint density at radius 1 is 1.33 bits per heavy atom. The van der Waals surface area contributed by atoms with Gasteiger partial charge in [-0.15, -0.1) is 0 Å². The monoisotopic (exact) mass is 308 g/mol. The summed E-state index contributed by atoms with van der Waals surface area (Å²) in [5, 5.41) is 4.63. The highest BCUT2D eigenvalue weighted by molar-refractivity contribution is 7.18. The summed E-state index contributed by atoms with van der Waals surface area (Å²) in [6.45, 7) is 5.09. The van der Waals surface area contributed by atoms with E-state index in [0.717, 1.165) is 42.5 Å². The van der Waals surface area contributed by atoms with E-state index in [1.807, 2.05) is 6.92 Å². The highest BCUT2D eigenvalue weighted by atomic mass is 32.1. The average Bonchev–Trinajstić information content (AvgIpc) is 3.00. The van der Waals surface area contributed by atoms with Crippen LogP contribution in [0.25, 0.3) is 10.8 Å². The number of nitrogens with two attached hydrogens (primary N) is 1. The van der Waals surface area contributed by atoms with E-state index in [2.05, 4.69) is 39.0 Å². The van der Waals surface area contributed by atoms with E-state index in [4.69, 9.17) is 10.3 Å². The van der Waals surface area contributed by atoms with Gasteiger partial charge in [0.25, 0.3) is 5.89 Å². The van der Waals surface area contributed by atoms with Gasteiger partial charge in [-0.1, -0.05) is 16.5 Å². The lowest BCUT2D eigenvalue weighted by Gasteiger charge is -2.37. The SMILES string of the molecule is Cc1nc(N)sc1-c1nc(CC2CN(C)CCN2C)no1. The predicted octanol–water partition coefficient (Wildman–Crippen LogP) is 0.872. The van der Waals surface area contributed by atoms with Crippen molar-refractivity contribution in [3.05, 3.63) is 11.5 Å². The lowest BCUT2D eigenvalue weighted by molar-refractivity contribution is 0.113. The summed E-state index contributed by atoms with van der Waals surface area (Å²) >= 11 is 1.38. The molecule has 0 spiro atoms. The van der Waals surface area contributed by atoms with Crippen LogP contribution in [-0.2, 0) is 6.42 Å². The van der Waals surface area contributed by atoms with Gasteiger partial charge >= 0.3 is 0 Å². The van der Waals surface area contributed by atoms with Gasteiger partial charge in [0.15, 0.2) is 11.0 Å². The number of aromatic nitrogens is 3. The van der Waals surface area contributed by atoms with Crippen LogP contribution in [0.15, 0.2) is 4.52 Å². The lowest BCUT2D eigenvalue weighted by Crippen LogP contribution is -2.50. The summed E-state index contributed by atoms with van der Waals surface area (Å²) in [5.74, 6) is 1.26. The van der Waals surface area contributed by atoms with Crippen molar-refractivity contribution >= 4 is 16.5 Å². The van der Waals surface area contributed by atoms with Crippen LogP contribution in [0, 0.1) is 6.92 Å². The number of nitrogen functional groups attached to an aromatic ring is 1. The molecule has 0 amide bonds. The van der Waals surface area contributed by atoms with Gasteiger partial charge < -0.3 is 20.1 Å². The van der Waals surface area contributed by atoms with Crippen molar-refractivity contribution in [1.29, 1.82) is 0 Å². The van der Waals surface area contributed by atoms with Crippen LogP contribution in [0.1, 0.15) is 11.5 Å². The zero-order valence-corrected chi connectivity index (χ0v) is 13.4. The zero-order valence-electron chi connectivity index (χ0n) is 12.5. The quantitative estimate of drug-likeness (QED) is 0.900.